The largest absolute Gasteiger partial charge is 0.358 e. The highest BCUT2D eigenvalue weighted by Crippen LogP contribution is 2.25. The van der Waals surface area contributed by atoms with Gasteiger partial charge in [0.15, 0.2) is 5.01 Å². The summed E-state index contributed by atoms with van der Waals surface area (Å²) >= 11 is 3.33. The number of thiazole rings is 1. The molecule has 1 saturated heterocycles. The second-order valence-corrected chi connectivity index (χ2v) is 6.73. The Labute approximate surface area is 135 Å². The van der Waals surface area contributed by atoms with Gasteiger partial charge in [0.05, 0.1) is 19.0 Å². The van der Waals surface area contributed by atoms with Crippen LogP contribution in [0, 0.1) is 10.1 Å². The number of rotatable bonds is 4. The summed E-state index contributed by atoms with van der Waals surface area (Å²) in [6.07, 6.45) is 2.98. The summed E-state index contributed by atoms with van der Waals surface area (Å²) in [5.41, 5.74) is 0.740. The Bertz CT molecular complexity index is 704. The van der Waals surface area contributed by atoms with E-state index in [9.17, 15) is 10.1 Å². The van der Waals surface area contributed by atoms with Gasteiger partial charge < -0.3 is 10.1 Å². The Morgan fingerprint density at radius 2 is 2.23 bits per heavy atom. The van der Waals surface area contributed by atoms with E-state index in [2.05, 4.69) is 15.1 Å². The zero-order chi connectivity index (χ0) is 15.5. The van der Waals surface area contributed by atoms with Gasteiger partial charge >= 0.3 is 5.82 Å². The zero-order valence-electron chi connectivity index (χ0n) is 11.9. The lowest BCUT2D eigenvalue weighted by Crippen LogP contribution is -2.27. The van der Waals surface area contributed by atoms with Crippen molar-refractivity contribution in [3.63, 3.8) is 0 Å². The molecule has 116 valence electrons. The number of thioether (sulfide) groups is 1. The monoisotopic (exact) mass is 338 g/mol. The molecule has 10 heteroatoms. The van der Waals surface area contributed by atoms with E-state index in [1.54, 1.807) is 13.3 Å². The van der Waals surface area contributed by atoms with Crippen molar-refractivity contribution in [2.75, 3.05) is 24.6 Å². The van der Waals surface area contributed by atoms with Crippen molar-refractivity contribution in [2.45, 2.75) is 0 Å². The van der Waals surface area contributed by atoms with E-state index in [0.717, 1.165) is 30.3 Å². The van der Waals surface area contributed by atoms with E-state index in [1.165, 1.54) is 22.1 Å². The maximum atomic E-state index is 10.8. The Balaban J connectivity index is 1.76. The summed E-state index contributed by atoms with van der Waals surface area (Å²) in [6.45, 7) is 1.90. The average Bonchev–Trinajstić information content (AvgIpc) is 3.12. The highest BCUT2D eigenvalue weighted by molar-refractivity contribution is 7.99. The SMILES string of the molecule is Cn1c([N+](=O)[O-])cnc1-c1nc(C=NN2CCSCC2)cs1. The first kappa shape index (κ1) is 15.0. The van der Waals surface area contributed by atoms with E-state index in [1.807, 2.05) is 22.2 Å². The van der Waals surface area contributed by atoms with Crippen LogP contribution in [0.25, 0.3) is 10.8 Å². The van der Waals surface area contributed by atoms with Crippen molar-refractivity contribution in [2.24, 2.45) is 12.1 Å². The number of nitrogens with zero attached hydrogens (tertiary/aromatic N) is 6. The molecule has 0 aromatic carbocycles. The highest BCUT2D eigenvalue weighted by atomic mass is 32.2. The van der Waals surface area contributed by atoms with Gasteiger partial charge in [-0.05, 0) is 4.92 Å². The number of aromatic nitrogens is 3. The van der Waals surface area contributed by atoms with Crippen LogP contribution >= 0.6 is 23.1 Å². The lowest BCUT2D eigenvalue weighted by Gasteiger charge is -2.22. The molecular weight excluding hydrogens is 324 g/mol. The molecule has 1 aliphatic rings. The molecule has 3 heterocycles. The zero-order valence-corrected chi connectivity index (χ0v) is 13.5. The first-order chi connectivity index (χ1) is 10.6. The minimum absolute atomic E-state index is 0.0498. The topological polar surface area (TPSA) is 89.4 Å². The summed E-state index contributed by atoms with van der Waals surface area (Å²) in [7, 11) is 1.61. The molecular formula is C12H14N6O2S2. The first-order valence-electron chi connectivity index (χ1n) is 6.64. The summed E-state index contributed by atoms with van der Waals surface area (Å²) in [5, 5.41) is 19.8. The van der Waals surface area contributed by atoms with Crippen LogP contribution in [0.2, 0.25) is 0 Å². The summed E-state index contributed by atoms with van der Waals surface area (Å²) in [5.74, 6) is 2.63. The fourth-order valence-corrected chi connectivity index (χ4v) is 3.71. The predicted octanol–water partition coefficient (Wildman–Crippen LogP) is 1.83. The van der Waals surface area contributed by atoms with Crippen LogP contribution in [0.3, 0.4) is 0 Å². The molecule has 0 atom stereocenters. The fourth-order valence-electron chi connectivity index (χ4n) is 2.03. The van der Waals surface area contributed by atoms with Gasteiger partial charge in [0.1, 0.15) is 6.20 Å². The molecule has 0 N–H and O–H groups in total. The van der Waals surface area contributed by atoms with E-state index in [4.69, 9.17) is 0 Å². The quantitative estimate of drug-likeness (QED) is 0.480. The van der Waals surface area contributed by atoms with E-state index in [-0.39, 0.29) is 5.82 Å². The van der Waals surface area contributed by atoms with Crippen LogP contribution < -0.4 is 0 Å². The molecule has 2 aromatic heterocycles. The van der Waals surface area contributed by atoms with Gasteiger partial charge in [0, 0.05) is 30.0 Å². The van der Waals surface area contributed by atoms with Gasteiger partial charge in [-0.2, -0.15) is 16.9 Å². The standard InChI is InChI=1S/C12H14N6O2S2/c1-16-10(18(19)20)7-13-11(16)12-15-9(8-22-12)6-14-17-2-4-21-5-3-17/h6-8H,2-5H2,1H3. The van der Waals surface area contributed by atoms with Crippen molar-refractivity contribution < 1.29 is 4.92 Å². The third-order valence-electron chi connectivity index (χ3n) is 3.20. The fraction of sp³-hybridized carbons (Fsp3) is 0.417. The third-order valence-corrected chi connectivity index (χ3v) is 5.00. The van der Waals surface area contributed by atoms with Crippen molar-refractivity contribution >= 4 is 35.1 Å². The molecule has 0 bridgehead atoms. The lowest BCUT2D eigenvalue weighted by molar-refractivity contribution is -0.391. The Kier molecular flexibility index (Phi) is 4.39. The average molecular weight is 338 g/mol. The van der Waals surface area contributed by atoms with Gasteiger partial charge in [-0.1, -0.05) is 0 Å². The van der Waals surface area contributed by atoms with Crippen LogP contribution in [0.1, 0.15) is 5.69 Å². The lowest BCUT2D eigenvalue weighted by atomic mass is 10.5. The minimum Gasteiger partial charge on any atom is -0.358 e. The van der Waals surface area contributed by atoms with Crippen LogP contribution in [0.15, 0.2) is 16.7 Å². The van der Waals surface area contributed by atoms with Crippen molar-refractivity contribution in [3.8, 4) is 10.8 Å². The number of nitro groups is 1. The second-order valence-electron chi connectivity index (χ2n) is 4.64. The summed E-state index contributed by atoms with van der Waals surface area (Å²) < 4.78 is 1.43. The summed E-state index contributed by atoms with van der Waals surface area (Å²) in [6, 6.07) is 0. The number of imidazole rings is 1. The molecule has 0 amide bonds. The highest BCUT2D eigenvalue weighted by Gasteiger charge is 2.20. The van der Waals surface area contributed by atoms with Crippen LogP contribution in [0.4, 0.5) is 5.82 Å². The van der Waals surface area contributed by atoms with E-state index in [0.29, 0.717) is 10.8 Å². The van der Waals surface area contributed by atoms with E-state index >= 15 is 0 Å². The Morgan fingerprint density at radius 3 is 2.91 bits per heavy atom. The Morgan fingerprint density at radius 1 is 1.45 bits per heavy atom. The smallest absolute Gasteiger partial charge is 0.342 e. The molecule has 8 nitrogen and oxygen atoms in total. The molecule has 0 unspecified atom stereocenters. The summed E-state index contributed by atoms with van der Waals surface area (Å²) in [4.78, 5) is 18.9. The minimum atomic E-state index is -0.457. The Hall–Kier alpha value is -1.94. The molecule has 2 aromatic rings. The van der Waals surface area contributed by atoms with Crippen LogP contribution in [-0.4, -0.2) is 55.3 Å². The normalized spacial score (nSPS) is 15.6. The molecule has 22 heavy (non-hydrogen) atoms. The number of hydrogen-bond donors (Lipinski definition) is 0. The molecule has 0 radical (unpaired) electrons. The van der Waals surface area contributed by atoms with Gasteiger partial charge in [0.2, 0.25) is 0 Å². The van der Waals surface area contributed by atoms with Crippen molar-refractivity contribution in [1.29, 1.82) is 0 Å². The maximum absolute atomic E-state index is 10.8. The van der Waals surface area contributed by atoms with Crippen LogP contribution in [0.5, 0.6) is 0 Å². The number of hydrazone groups is 1. The van der Waals surface area contributed by atoms with Gasteiger partial charge in [-0.3, -0.25) is 5.01 Å². The van der Waals surface area contributed by atoms with Crippen LogP contribution in [-0.2, 0) is 7.05 Å². The van der Waals surface area contributed by atoms with Crippen molar-refractivity contribution in [3.05, 3.63) is 27.4 Å². The predicted molar refractivity (Wildman–Crippen MR) is 87.5 cm³/mol. The van der Waals surface area contributed by atoms with Crippen molar-refractivity contribution in [1.82, 2.24) is 19.5 Å². The number of hydrogen-bond acceptors (Lipinski definition) is 8. The molecule has 0 spiro atoms. The van der Waals surface area contributed by atoms with Gasteiger partial charge in [0.25, 0.3) is 5.82 Å². The first-order valence-corrected chi connectivity index (χ1v) is 8.67. The molecule has 3 rings (SSSR count). The third kappa shape index (κ3) is 3.12. The molecule has 0 aliphatic carbocycles. The van der Waals surface area contributed by atoms with Gasteiger partial charge in [-0.25, -0.2) is 14.5 Å². The second kappa shape index (κ2) is 6.44. The maximum Gasteiger partial charge on any atom is 0.342 e. The molecule has 0 saturated carbocycles. The van der Waals surface area contributed by atoms with E-state index < -0.39 is 4.92 Å². The molecule has 1 fully saturated rings. The van der Waals surface area contributed by atoms with Gasteiger partial charge in [-0.15, -0.1) is 11.3 Å². The molecule has 1 aliphatic heterocycles.